The van der Waals surface area contributed by atoms with Crippen LogP contribution in [0.2, 0.25) is 0 Å². The molecule has 1 atom stereocenters. The van der Waals surface area contributed by atoms with Crippen LogP contribution in [0.15, 0.2) is 17.5 Å². The molecule has 0 aromatic carbocycles. The first-order chi connectivity index (χ1) is 6.11. The number of hydrogen-bond donors (Lipinski definition) is 0. The highest BCUT2D eigenvalue weighted by Gasteiger charge is 2.18. The Kier molecular flexibility index (Phi) is 3.19. The zero-order chi connectivity index (χ0) is 9.84. The summed E-state index contributed by atoms with van der Waals surface area (Å²) >= 11 is 1.35. The van der Waals surface area contributed by atoms with Gasteiger partial charge in [0, 0.05) is 6.92 Å². The summed E-state index contributed by atoms with van der Waals surface area (Å²) in [5.41, 5.74) is 0. The van der Waals surface area contributed by atoms with E-state index in [0.717, 1.165) is 0 Å². The summed E-state index contributed by atoms with van der Waals surface area (Å²) in [6.45, 7) is 2.86. The third-order valence-electron chi connectivity index (χ3n) is 1.48. The van der Waals surface area contributed by atoms with Crippen LogP contribution in [0.4, 0.5) is 0 Å². The highest BCUT2D eigenvalue weighted by Crippen LogP contribution is 2.12. The Morgan fingerprint density at radius 2 is 2.23 bits per heavy atom. The van der Waals surface area contributed by atoms with E-state index in [-0.39, 0.29) is 5.78 Å². The van der Waals surface area contributed by atoms with Crippen molar-refractivity contribution >= 4 is 23.1 Å². The van der Waals surface area contributed by atoms with Gasteiger partial charge in [-0.25, -0.2) is 0 Å². The summed E-state index contributed by atoms with van der Waals surface area (Å²) in [6.07, 6.45) is -0.684. The second kappa shape index (κ2) is 4.18. The molecule has 0 bridgehead atoms. The Balaban J connectivity index is 2.63. The first-order valence-electron chi connectivity index (χ1n) is 3.86. The Hall–Kier alpha value is -1.16. The number of Topliss-reactive ketones (excluding diaryl/α,β-unsaturated/α-hetero) is 1. The van der Waals surface area contributed by atoms with Crippen LogP contribution in [-0.2, 0) is 9.53 Å². The van der Waals surface area contributed by atoms with Crippen molar-refractivity contribution < 1.29 is 14.3 Å². The second-order valence-electron chi connectivity index (χ2n) is 2.59. The predicted octanol–water partition coefficient (Wildman–Crippen LogP) is 1.88. The van der Waals surface area contributed by atoms with E-state index in [1.54, 1.807) is 19.1 Å². The van der Waals surface area contributed by atoms with Gasteiger partial charge < -0.3 is 4.74 Å². The normalized spacial score (nSPS) is 12.2. The molecule has 70 valence electrons. The molecule has 13 heavy (non-hydrogen) atoms. The van der Waals surface area contributed by atoms with Gasteiger partial charge in [-0.05, 0) is 18.4 Å². The van der Waals surface area contributed by atoms with Crippen molar-refractivity contribution in [2.45, 2.75) is 20.0 Å². The van der Waals surface area contributed by atoms with E-state index in [4.69, 9.17) is 4.74 Å². The molecule has 1 heterocycles. The van der Waals surface area contributed by atoms with Crippen molar-refractivity contribution in [3.8, 4) is 0 Å². The molecule has 1 rings (SSSR count). The van der Waals surface area contributed by atoms with Gasteiger partial charge in [0.2, 0.25) is 5.78 Å². The Morgan fingerprint density at radius 3 is 2.69 bits per heavy atom. The number of hydrogen-bond acceptors (Lipinski definition) is 4. The van der Waals surface area contributed by atoms with E-state index in [0.29, 0.717) is 4.88 Å². The third kappa shape index (κ3) is 2.66. The summed E-state index contributed by atoms with van der Waals surface area (Å²) in [4.78, 5) is 22.7. The molecule has 0 saturated carbocycles. The van der Waals surface area contributed by atoms with Crippen LogP contribution < -0.4 is 0 Å². The van der Waals surface area contributed by atoms with E-state index in [1.807, 2.05) is 5.38 Å². The Morgan fingerprint density at radius 1 is 1.54 bits per heavy atom. The van der Waals surface area contributed by atoms with Gasteiger partial charge in [-0.15, -0.1) is 11.3 Å². The number of esters is 1. The average molecular weight is 198 g/mol. The fourth-order valence-corrected chi connectivity index (χ4v) is 1.66. The van der Waals surface area contributed by atoms with Gasteiger partial charge in [0.15, 0.2) is 6.10 Å². The SMILES string of the molecule is CC(=O)O[C@@H](C)C(=O)c1cccs1. The molecule has 0 N–H and O–H groups in total. The summed E-state index contributed by atoms with van der Waals surface area (Å²) < 4.78 is 4.75. The smallest absolute Gasteiger partial charge is 0.303 e. The zero-order valence-electron chi connectivity index (χ0n) is 7.44. The molecule has 0 aliphatic heterocycles. The van der Waals surface area contributed by atoms with Crippen LogP contribution in [-0.4, -0.2) is 17.9 Å². The molecule has 0 aliphatic rings. The van der Waals surface area contributed by atoms with Crippen molar-refractivity contribution in [3.63, 3.8) is 0 Å². The van der Waals surface area contributed by atoms with Crippen LogP contribution in [0.25, 0.3) is 0 Å². The number of rotatable bonds is 3. The number of ketones is 1. The number of carbonyl (C=O) groups excluding carboxylic acids is 2. The van der Waals surface area contributed by atoms with Crippen LogP contribution in [0.3, 0.4) is 0 Å². The van der Waals surface area contributed by atoms with Crippen molar-refractivity contribution in [1.82, 2.24) is 0 Å². The van der Waals surface area contributed by atoms with Crippen molar-refractivity contribution in [2.24, 2.45) is 0 Å². The van der Waals surface area contributed by atoms with E-state index in [2.05, 4.69) is 0 Å². The van der Waals surface area contributed by atoms with Crippen LogP contribution in [0.5, 0.6) is 0 Å². The molecule has 0 spiro atoms. The van der Waals surface area contributed by atoms with E-state index < -0.39 is 12.1 Å². The molecular weight excluding hydrogens is 188 g/mol. The predicted molar refractivity (Wildman–Crippen MR) is 49.9 cm³/mol. The van der Waals surface area contributed by atoms with E-state index >= 15 is 0 Å². The maximum Gasteiger partial charge on any atom is 0.303 e. The monoisotopic (exact) mass is 198 g/mol. The second-order valence-corrected chi connectivity index (χ2v) is 3.54. The fourth-order valence-electron chi connectivity index (χ4n) is 0.922. The molecule has 0 radical (unpaired) electrons. The highest BCUT2D eigenvalue weighted by atomic mass is 32.1. The summed E-state index contributed by atoms with van der Waals surface area (Å²) in [5.74, 6) is -0.581. The van der Waals surface area contributed by atoms with Crippen molar-refractivity contribution in [3.05, 3.63) is 22.4 Å². The van der Waals surface area contributed by atoms with Crippen LogP contribution in [0, 0.1) is 0 Å². The molecule has 0 amide bonds. The number of thiophene rings is 1. The maximum atomic E-state index is 11.5. The molecule has 1 aromatic rings. The zero-order valence-corrected chi connectivity index (χ0v) is 8.26. The lowest BCUT2D eigenvalue weighted by Gasteiger charge is -2.08. The Bertz CT molecular complexity index is 303. The third-order valence-corrected chi connectivity index (χ3v) is 2.36. The molecular formula is C9H10O3S. The van der Waals surface area contributed by atoms with Crippen molar-refractivity contribution in [2.75, 3.05) is 0 Å². The number of ether oxygens (including phenoxy) is 1. The molecule has 0 saturated heterocycles. The van der Waals surface area contributed by atoms with Gasteiger partial charge in [-0.2, -0.15) is 0 Å². The van der Waals surface area contributed by atoms with Crippen LogP contribution in [0.1, 0.15) is 23.5 Å². The summed E-state index contributed by atoms with van der Waals surface area (Å²) in [6, 6.07) is 3.51. The maximum absolute atomic E-state index is 11.5. The van der Waals surface area contributed by atoms with Gasteiger partial charge in [-0.1, -0.05) is 6.07 Å². The van der Waals surface area contributed by atoms with Gasteiger partial charge >= 0.3 is 5.97 Å². The largest absolute Gasteiger partial charge is 0.454 e. The molecule has 0 fully saturated rings. The van der Waals surface area contributed by atoms with E-state index in [9.17, 15) is 9.59 Å². The van der Waals surface area contributed by atoms with Gasteiger partial charge in [0.05, 0.1) is 4.88 Å². The molecule has 3 nitrogen and oxygen atoms in total. The van der Waals surface area contributed by atoms with Crippen LogP contribution >= 0.6 is 11.3 Å². The van der Waals surface area contributed by atoms with E-state index in [1.165, 1.54) is 18.3 Å². The van der Waals surface area contributed by atoms with Gasteiger partial charge in [0.1, 0.15) is 0 Å². The van der Waals surface area contributed by atoms with Gasteiger partial charge in [0.25, 0.3) is 0 Å². The van der Waals surface area contributed by atoms with Crippen molar-refractivity contribution in [1.29, 1.82) is 0 Å². The summed E-state index contributed by atoms with van der Waals surface area (Å²) in [5, 5.41) is 1.81. The first-order valence-corrected chi connectivity index (χ1v) is 4.74. The van der Waals surface area contributed by atoms with Gasteiger partial charge in [-0.3, -0.25) is 9.59 Å². The molecule has 0 aliphatic carbocycles. The lowest BCUT2D eigenvalue weighted by Crippen LogP contribution is -2.22. The minimum absolute atomic E-state index is 0.148. The molecule has 0 unspecified atom stereocenters. The summed E-state index contributed by atoms with van der Waals surface area (Å²) in [7, 11) is 0. The minimum atomic E-state index is -0.684. The Labute approximate surface area is 80.3 Å². The first kappa shape index (κ1) is 9.92. The lowest BCUT2D eigenvalue weighted by molar-refractivity contribution is -0.143. The molecule has 1 aromatic heterocycles. The fraction of sp³-hybridized carbons (Fsp3) is 0.333. The molecule has 4 heteroatoms. The topological polar surface area (TPSA) is 43.4 Å². The minimum Gasteiger partial charge on any atom is -0.454 e. The highest BCUT2D eigenvalue weighted by molar-refractivity contribution is 7.12. The number of carbonyl (C=O) groups is 2. The quantitative estimate of drug-likeness (QED) is 0.550. The lowest BCUT2D eigenvalue weighted by atomic mass is 10.2. The average Bonchev–Trinajstić information content (AvgIpc) is 2.53. The standard InChI is InChI=1S/C9H10O3S/c1-6(12-7(2)10)9(11)8-4-3-5-13-8/h3-6H,1-2H3/t6-/m0/s1.